The molecule has 7 nitrogen and oxygen atoms in total. The minimum Gasteiger partial charge on any atom is -0.361 e. The zero-order valence-corrected chi connectivity index (χ0v) is 19.8. The average molecular weight is 488 g/mol. The first-order valence-electron chi connectivity index (χ1n) is 9.21. The lowest BCUT2D eigenvalue weighted by molar-refractivity contribution is 0.392. The van der Waals surface area contributed by atoms with Crippen LogP contribution in [-0.4, -0.2) is 40.5 Å². The van der Waals surface area contributed by atoms with Crippen LogP contribution >= 0.6 is 24.0 Å². The van der Waals surface area contributed by atoms with E-state index >= 15 is 0 Å². The molecule has 0 aliphatic rings. The second-order valence-corrected chi connectivity index (χ2v) is 6.93. The van der Waals surface area contributed by atoms with Gasteiger partial charge in [0.15, 0.2) is 5.96 Å². The van der Waals surface area contributed by atoms with Gasteiger partial charge < -0.3 is 15.2 Å². The van der Waals surface area contributed by atoms with E-state index in [0.717, 1.165) is 48.9 Å². The third-order valence-electron chi connectivity index (χ3n) is 4.85. The van der Waals surface area contributed by atoms with Gasteiger partial charge >= 0.3 is 0 Å². The number of aliphatic imine (C=N–C) groups is 1. The number of nitrogens with one attached hydrogen (secondary N) is 2. The van der Waals surface area contributed by atoms with E-state index < -0.39 is 0 Å². The summed E-state index contributed by atoms with van der Waals surface area (Å²) in [7, 11) is 3.79. The molecule has 2 aromatic heterocycles. The summed E-state index contributed by atoms with van der Waals surface area (Å²) < 4.78 is 7.16. The number of guanidine groups is 1. The first-order valence-corrected chi connectivity index (χ1v) is 9.21. The van der Waals surface area contributed by atoms with Gasteiger partial charge in [0, 0.05) is 37.9 Å². The van der Waals surface area contributed by atoms with Gasteiger partial charge in [-0.25, -0.2) is 0 Å². The van der Waals surface area contributed by atoms with Crippen LogP contribution in [0.15, 0.2) is 9.52 Å². The van der Waals surface area contributed by atoms with Crippen LogP contribution in [0.4, 0.5) is 0 Å². The topological polar surface area (TPSA) is 80.3 Å². The van der Waals surface area contributed by atoms with Crippen molar-refractivity contribution >= 4 is 29.9 Å². The molecule has 0 spiro atoms. The lowest BCUT2D eigenvalue weighted by atomic mass is 10.1. The summed E-state index contributed by atoms with van der Waals surface area (Å²) in [6.45, 7) is 11.2. The van der Waals surface area contributed by atoms with E-state index in [4.69, 9.17) is 4.52 Å². The minimum atomic E-state index is 0. The molecule has 152 valence electrons. The van der Waals surface area contributed by atoms with Crippen LogP contribution < -0.4 is 10.6 Å². The molecule has 0 saturated heterocycles. The van der Waals surface area contributed by atoms with Crippen molar-refractivity contribution in [3.63, 3.8) is 0 Å². The molecule has 0 radical (unpaired) electrons. The van der Waals surface area contributed by atoms with Crippen LogP contribution in [0, 0.1) is 27.7 Å². The van der Waals surface area contributed by atoms with Gasteiger partial charge in [-0.2, -0.15) is 5.10 Å². The molecule has 2 rings (SSSR count). The number of hydrogen-bond acceptors (Lipinski definition) is 4. The van der Waals surface area contributed by atoms with E-state index in [-0.39, 0.29) is 30.0 Å². The normalized spacial score (nSPS) is 12.6. The molecule has 0 aromatic carbocycles. The number of aryl methyl sites for hydroxylation is 4. The van der Waals surface area contributed by atoms with Crippen LogP contribution in [-0.2, 0) is 19.9 Å². The average Bonchev–Trinajstić information content (AvgIpc) is 3.04. The molecule has 27 heavy (non-hydrogen) atoms. The molecule has 0 aliphatic carbocycles. The first-order chi connectivity index (χ1) is 12.3. The SMILES string of the molecule is CN=C(NCCCc1c(C)noc1C)NC(C)Cc1c(C)nn(C)c1C.I. The van der Waals surface area contributed by atoms with Gasteiger partial charge in [0.1, 0.15) is 5.76 Å². The maximum Gasteiger partial charge on any atom is 0.191 e. The Morgan fingerprint density at radius 3 is 2.41 bits per heavy atom. The van der Waals surface area contributed by atoms with Crippen LogP contribution in [0.2, 0.25) is 0 Å². The molecule has 1 atom stereocenters. The van der Waals surface area contributed by atoms with E-state index in [1.54, 1.807) is 7.05 Å². The fourth-order valence-electron chi connectivity index (χ4n) is 3.23. The third-order valence-corrected chi connectivity index (χ3v) is 4.85. The highest BCUT2D eigenvalue weighted by atomic mass is 127. The Balaban J connectivity index is 0.00000364. The zero-order chi connectivity index (χ0) is 19.3. The summed E-state index contributed by atoms with van der Waals surface area (Å²) in [6, 6.07) is 0.269. The third kappa shape index (κ3) is 6.22. The predicted octanol–water partition coefficient (Wildman–Crippen LogP) is 2.99. The molecule has 2 aromatic rings. The quantitative estimate of drug-likeness (QED) is 0.271. The number of hydrogen-bond donors (Lipinski definition) is 2. The highest BCUT2D eigenvalue weighted by molar-refractivity contribution is 14.0. The molecule has 8 heteroatoms. The van der Waals surface area contributed by atoms with Crippen molar-refractivity contribution in [3.8, 4) is 0 Å². The molecule has 0 amide bonds. The Bertz CT molecular complexity index is 745. The van der Waals surface area contributed by atoms with E-state index in [1.165, 1.54) is 16.8 Å². The highest BCUT2D eigenvalue weighted by Gasteiger charge is 2.14. The molecule has 0 aliphatic heterocycles. The molecule has 1 unspecified atom stereocenters. The van der Waals surface area contributed by atoms with Crippen molar-refractivity contribution in [2.24, 2.45) is 12.0 Å². The van der Waals surface area contributed by atoms with Crippen molar-refractivity contribution in [2.75, 3.05) is 13.6 Å². The Hall–Kier alpha value is -1.58. The lowest BCUT2D eigenvalue weighted by Gasteiger charge is -2.18. The molecular formula is C19H33IN6O. The monoisotopic (exact) mass is 488 g/mol. The van der Waals surface area contributed by atoms with Crippen LogP contribution in [0.5, 0.6) is 0 Å². The summed E-state index contributed by atoms with van der Waals surface area (Å²) in [5.74, 6) is 1.75. The largest absolute Gasteiger partial charge is 0.361 e. The van der Waals surface area contributed by atoms with Crippen molar-refractivity contribution < 1.29 is 4.52 Å². The number of aromatic nitrogens is 3. The summed E-state index contributed by atoms with van der Waals surface area (Å²) in [5, 5.41) is 15.4. The second-order valence-electron chi connectivity index (χ2n) is 6.93. The van der Waals surface area contributed by atoms with E-state index in [9.17, 15) is 0 Å². The fourth-order valence-corrected chi connectivity index (χ4v) is 3.23. The van der Waals surface area contributed by atoms with E-state index in [2.05, 4.69) is 46.7 Å². The van der Waals surface area contributed by atoms with Gasteiger partial charge in [0.2, 0.25) is 0 Å². The molecule has 0 fully saturated rings. The van der Waals surface area contributed by atoms with Crippen molar-refractivity contribution in [3.05, 3.63) is 34.0 Å². The Kier molecular flexibility index (Phi) is 9.28. The van der Waals surface area contributed by atoms with Crippen molar-refractivity contribution in [1.82, 2.24) is 25.6 Å². The molecular weight excluding hydrogens is 455 g/mol. The van der Waals surface area contributed by atoms with Gasteiger partial charge in [-0.05, 0) is 59.4 Å². The minimum absolute atomic E-state index is 0. The standard InChI is InChI=1S/C19H32N6O.HI/c1-12(11-18-13(2)23-25(7)15(18)4)22-19(20-6)21-10-8-9-17-14(3)24-26-16(17)5;/h12H,8-11H2,1-7H3,(H2,20,21,22);1H. The molecule has 0 bridgehead atoms. The van der Waals surface area contributed by atoms with Crippen LogP contribution in [0.25, 0.3) is 0 Å². The molecule has 2 N–H and O–H groups in total. The second kappa shape index (κ2) is 10.7. The van der Waals surface area contributed by atoms with E-state index in [0.29, 0.717) is 0 Å². The highest BCUT2D eigenvalue weighted by Crippen LogP contribution is 2.15. The van der Waals surface area contributed by atoms with Crippen molar-refractivity contribution in [1.29, 1.82) is 0 Å². The molecule has 0 saturated carbocycles. The summed E-state index contributed by atoms with van der Waals surface area (Å²) in [5.41, 5.74) is 5.83. The summed E-state index contributed by atoms with van der Waals surface area (Å²) in [4.78, 5) is 4.33. The van der Waals surface area contributed by atoms with Crippen LogP contribution in [0.3, 0.4) is 0 Å². The summed E-state index contributed by atoms with van der Waals surface area (Å²) in [6.07, 6.45) is 2.87. The lowest BCUT2D eigenvalue weighted by Crippen LogP contribution is -2.43. The summed E-state index contributed by atoms with van der Waals surface area (Å²) >= 11 is 0. The van der Waals surface area contributed by atoms with E-state index in [1.807, 2.05) is 25.6 Å². The predicted molar refractivity (Wildman–Crippen MR) is 120 cm³/mol. The smallest absolute Gasteiger partial charge is 0.191 e. The maximum absolute atomic E-state index is 5.21. The number of rotatable bonds is 7. The van der Waals surface area contributed by atoms with Crippen molar-refractivity contribution in [2.45, 2.75) is 59.9 Å². The Morgan fingerprint density at radius 1 is 1.19 bits per heavy atom. The van der Waals surface area contributed by atoms with Gasteiger partial charge in [0.25, 0.3) is 0 Å². The van der Waals surface area contributed by atoms with Crippen LogP contribution in [0.1, 0.15) is 47.3 Å². The first kappa shape index (κ1) is 23.5. The Morgan fingerprint density at radius 2 is 1.89 bits per heavy atom. The number of halogens is 1. The van der Waals surface area contributed by atoms with Gasteiger partial charge in [-0.1, -0.05) is 5.16 Å². The Labute approximate surface area is 179 Å². The van der Waals surface area contributed by atoms with Gasteiger partial charge in [0.05, 0.1) is 11.4 Å². The zero-order valence-electron chi connectivity index (χ0n) is 17.5. The molecule has 2 heterocycles. The fraction of sp³-hybridized carbons (Fsp3) is 0.632. The van der Waals surface area contributed by atoms with Gasteiger partial charge in [-0.15, -0.1) is 24.0 Å². The maximum atomic E-state index is 5.21. The number of nitrogens with zero attached hydrogens (tertiary/aromatic N) is 4. The van der Waals surface area contributed by atoms with Gasteiger partial charge in [-0.3, -0.25) is 9.67 Å².